The van der Waals surface area contributed by atoms with Gasteiger partial charge in [0.2, 0.25) is 0 Å². The average Bonchev–Trinajstić information content (AvgIpc) is 1.85. The van der Waals surface area contributed by atoms with E-state index in [4.69, 9.17) is 5.73 Å². The molecule has 0 bridgehead atoms. The normalized spacial score (nSPS) is 9.80. The summed E-state index contributed by atoms with van der Waals surface area (Å²) in [4.78, 5) is 7.99. The van der Waals surface area contributed by atoms with Gasteiger partial charge >= 0.3 is 0 Å². The zero-order valence-electron chi connectivity index (χ0n) is 5.34. The van der Waals surface area contributed by atoms with Gasteiger partial charge in [-0.1, -0.05) is 11.8 Å². The van der Waals surface area contributed by atoms with Gasteiger partial charge in [-0.05, 0) is 22.2 Å². The van der Waals surface area contributed by atoms with Crippen molar-refractivity contribution >= 4 is 33.5 Å². The molecule has 0 aliphatic heterocycles. The van der Waals surface area contributed by atoms with Crippen LogP contribution >= 0.6 is 27.7 Å². The van der Waals surface area contributed by atoms with Crippen LogP contribution in [0.15, 0.2) is 15.8 Å². The molecule has 1 heterocycles. The summed E-state index contributed by atoms with van der Waals surface area (Å²) in [6.07, 6.45) is 1.90. The van der Waals surface area contributed by atoms with Crippen molar-refractivity contribution in [3.63, 3.8) is 0 Å². The Balaban J connectivity index is 3.06. The zero-order valence-corrected chi connectivity index (χ0v) is 7.74. The van der Waals surface area contributed by atoms with Crippen LogP contribution in [-0.4, -0.2) is 16.2 Å². The van der Waals surface area contributed by atoms with Gasteiger partial charge in [0, 0.05) is 6.07 Å². The predicted octanol–water partition coefficient (Wildman–Crippen LogP) is 1.54. The van der Waals surface area contributed by atoms with Crippen molar-refractivity contribution in [1.29, 1.82) is 0 Å². The van der Waals surface area contributed by atoms with Crippen molar-refractivity contribution in [2.45, 2.75) is 5.16 Å². The Hall–Kier alpha value is -0.290. The molecule has 1 aromatic heterocycles. The largest absolute Gasteiger partial charge is 0.384 e. The minimum absolute atomic E-state index is 0.492. The standard InChI is InChI=1S/C5H6BrN3S/c1-10-5-8-3(6)2-4(7)9-5/h2H,1H3,(H2,7,8,9). The van der Waals surface area contributed by atoms with Gasteiger partial charge < -0.3 is 5.73 Å². The van der Waals surface area contributed by atoms with E-state index in [0.29, 0.717) is 11.0 Å². The van der Waals surface area contributed by atoms with Gasteiger partial charge in [0.1, 0.15) is 10.4 Å². The topological polar surface area (TPSA) is 51.8 Å². The van der Waals surface area contributed by atoms with Gasteiger partial charge in [-0.15, -0.1) is 0 Å². The molecular weight excluding hydrogens is 214 g/mol. The third-order valence-corrected chi connectivity index (χ3v) is 1.83. The third-order valence-electron chi connectivity index (χ3n) is 0.877. The summed E-state index contributed by atoms with van der Waals surface area (Å²) in [6.45, 7) is 0. The number of nitrogen functional groups attached to an aromatic ring is 1. The molecule has 0 radical (unpaired) electrons. The first-order valence-electron chi connectivity index (χ1n) is 2.56. The quantitative estimate of drug-likeness (QED) is 0.443. The molecule has 0 saturated carbocycles. The number of thioether (sulfide) groups is 1. The minimum Gasteiger partial charge on any atom is -0.384 e. The van der Waals surface area contributed by atoms with Crippen LogP contribution in [0.5, 0.6) is 0 Å². The molecule has 1 aromatic rings. The van der Waals surface area contributed by atoms with Crippen LogP contribution in [-0.2, 0) is 0 Å². The smallest absolute Gasteiger partial charge is 0.190 e. The van der Waals surface area contributed by atoms with Crippen molar-refractivity contribution in [3.05, 3.63) is 10.7 Å². The van der Waals surface area contributed by atoms with Gasteiger partial charge in [-0.3, -0.25) is 0 Å². The lowest BCUT2D eigenvalue weighted by molar-refractivity contribution is 0.960. The van der Waals surface area contributed by atoms with E-state index < -0.39 is 0 Å². The highest BCUT2D eigenvalue weighted by atomic mass is 79.9. The van der Waals surface area contributed by atoms with Gasteiger partial charge in [0.25, 0.3) is 0 Å². The van der Waals surface area contributed by atoms with E-state index in [1.54, 1.807) is 6.07 Å². The number of nitrogens with zero attached hydrogens (tertiary/aromatic N) is 2. The number of hydrogen-bond acceptors (Lipinski definition) is 4. The van der Waals surface area contributed by atoms with Gasteiger partial charge in [-0.2, -0.15) is 0 Å². The molecule has 3 nitrogen and oxygen atoms in total. The zero-order chi connectivity index (χ0) is 7.56. The Morgan fingerprint density at radius 1 is 1.60 bits per heavy atom. The second-order valence-corrected chi connectivity index (χ2v) is 3.19. The molecule has 0 amide bonds. The van der Waals surface area contributed by atoms with Crippen molar-refractivity contribution < 1.29 is 0 Å². The maximum Gasteiger partial charge on any atom is 0.190 e. The van der Waals surface area contributed by atoms with Gasteiger partial charge in [0.15, 0.2) is 5.16 Å². The molecule has 0 atom stereocenters. The van der Waals surface area contributed by atoms with Gasteiger partial charge in [0.05, 0.1) is 0 Å². The van der Waals surface area contributed by atoms with E-state index in [2.05, 4.69) is 25.9 Å². The first-order chi connectivity index (χ1) is 4.72. The summed E-state index contributed by atoms with van der Waals surface area (Å²) in [5.74, 6) is 0.492. The van der Waals surface area contributed by atoms with E-state index in [0.717, 1.165) is 4.60 Å². The number of halogens is 1. The predicted molar refractivity (Wildman–Crippen MR) is 45.9 cm³/mol. The summed E-state index contributed by atoms with van der Waals surface area (Å²) in [5.41, 5.74) is 5.44. The lowest BCUT2D eigenvalue weighted by Crippen LogP contribution is -1.93. The SMILES string of the molecule is CSc1nc(N)cc(Br)n1. The molecule has 0 aliphatic rings. The fourth-order valence-corrected chi connectivity index (χ4v) is 1.41. The van der Waals surface area contributed by atoms with Crippen LogP contribution < -0.4 is 5.73 Å². The molecule has 0 aliphatic carbocycles. The number of nitrogens with two attached hydrogens (primary N) is 1. The van der Waals surface area contributed by atoms with Crippen LogP contribution in [0.2, 0.25) is 0 Å². The molecule has 0 unspecified atom stereocenters. The number of anilines is 1. The lowest BCUT2D eigenvalue weighted by Gasteiger charge is -1.96. The Morgan fingerprint density at radius 2 is 2.30 bits per heavy atom. The molecule has 0 aromatic carbocycles. The Bertz CT molecular complexity index is 220. The van der Waals surface area contributed by atoms with Crippen LogP contribution in [0.25, 0.3) is 0 Å². The first kappa shape index (κ1) is 7.81. The molecule has 0 fully saturated rings. The van der Waals surface area contributed by atoms with E-state index in [1.807, 2.05) is 6.26 Å². The molecule has 54 valence electrons. The molecule has 10 heavy (non-hydrogen) atoms. The summed E-state index contributed by atoms with van der Waals surface area (Å²) in [5, 5.41) is 0.687. The molecule has 0 saturated heterocycles. The molecule has 0 spiro atoms. The highest BCUT2D eigenvalue weighted by Gasteiger charge is 1.96. The fraction of sp³-hybridized carbons (Fsp3) is 0.200. The number of rotatable bonds is 1. The van der Waals surface area contributed by atoms with Crippen molar-refractivity contribution in [2.75, 3.05) is 12.0 Å². The van der Waals surface area contributed by atoms with Crippen molar-refractivity contribution in [1.82, 2.24) is 9.97 Å². The monoisotopic (exact) mass is 219 g/mol. The second kappa shape index (κ2) is 3.21. The van der Waals surface area contributed by atoms with Crippen LogP contribution in [0.3, 0.4) is 0 Å². The summed E-state index contributed by atoms with van der Waals surface area (Å²) in [7, 11) is 0. The first-order valence-corrected chi connectivity index (χ1v) is 4.58. The Labute approximate surface area is 71.6 Å². The summed E-state index contributed by atoms with van der Waals surface area (Å²) < 4.78 is 0.726. The van der Waals surface area contributed by atoms with Crippen LogP contribution in [0, 0.1) is 0 Å². The molecule has 2 N–H and O–H groups in total. The Kier molecular flexibility index (Phi) is 2.50. The summed E-state index contributed by atoms with van der Waals surface area (Å²) in [6, 6.07) is 1.67. The van der Waals surface area contributed by atoms with Crippen molar-refractivity contribution in [2.24, 2.45) is 0 Å². The van der Waals surface area contributed by atoms with E-state index in [9.17, 15) is 0 Å². The summed E-state index contributed by atoms with van der Waals surface area (Å²) >= 11 is 4.67. The number of aromatic nitrogens is 2. The van der Waals surface area contributed by atoms with Crippen LogP contribution in [0.1, 0.15) is 0 Å². The van der Waals surface area contributed by atoms with E-state index >= 15 is 0 Å². The third kappa shape index (κ3) is 1.85. The van der Waals surface area contributed by atoms with Gasteiger partial charge in [-0.25, -0.2) is 9.97 Å². The highest BCUT2D eigenvalue weighted by Crippen LogP contribution is 2.15. The maximum absolute atomic E-state index is 5.44. The minimum atomic E-state index is 0.492. The fourth-order valence-electron chi connectivity index (χ4n) is 0.505. The lowest BCUT2D eigenvalue weighted by atomic mass is 10.6. The average molecular weight is 220 g/mol. The molecule has 5 heteroatoms. The van der Waals surface area contributed by atoms with E-state index in [-0.39, 0.29) is 0 Å². The Morgan fingerprint density at radius 3 is 2.80 bits per heavy atom. The van der Waals surface area contributed by atoms with Crippen molar-refractivity contribution in [3.8, 4) is 0 Å². The van der Waals surface area contributed by atoms with Crippen LogP contribution in [0.4, 0.5) is 5.82 Å². The highest BCUT2D eigenvalue weighted by molar-refractivity contribution is 9.10. The molecular formula is C5H6BrN3S. The molecule has 1 rings (SSSR count). The maximum atomic E-state index is 5.44. The van der Waals surface area contributed by atoms with E-state index in [1.165, 1.54) is 11.8 Å². The second-order valence-electron chi connectivity index (χ2n) is 1.60. The number of hydrogen-bond donors (Lipinski definition) is 1.